The van der Waals surface area contributed by atoms with Gasteiger partial charge < -0.3 is 5.11 Å². The third-order valence-electron chi connectivity index (χ3n) is 2.83. The van der Waals surface area contributed by atoms with Crippen LogP contribution >= 0.6 is 0 Å². The summed E-state index contributed by atoms with van der Waals surface area (Å²) in [5.74, 6) is 0. The summed E-state index contributed by atoms with van der Waals surface area (Å²) in [6.45, 7) is 1.89. The minimum atomic E-state index is -1.10. The highest BCUT2D eigenvalue weighted by atomic mass is 16.3. The summed E-state index contributed by atoms with van der Waals surface area (Å²) in [5.41, 5.74) is 0.0884. The van der Waals surface area contributed by atoms with Gasteiger partial charge in [0.05, 0.1) is 17.6 Å². The lowest BCUT2D eigenvalue weighted by molar-refractivity contribution is 0.192. The first kappa shape index (κ1) is 12.2. The molecule has 0 radical (unpaired) electrons. The minimum absolute atomic E-state index is 0.153. The molecule has 0 saturated carbocycles. The summed E-state index contributed by atoms with van der Waals surface area (Å²) in [7, 11) is 0. The van der Waals surface area contributed by atoms with Crippen molar-refractivity contribution in [2.24, 2.45) is 0 Å². The molecule has 0 unspecified atom stereocenters. The van der Waals surface area contributed by atoms with Crippen molar-refractivity contribution in [2.75, 3.05) is 0 Å². The van der Waals surface area contributed by atoms with E-state index < -0.39 is 11.5 Å². The molecule has 0 bridgehead atoms. The van der Waals surface area contributed by atoms with Crippen LogP contribution in [0.15, 0.2) is 30.3 Å². The van der Waals surface area contributed by atoms with E-state index in [9.17, 15) is 10.4 Å². The van der Waals surface area contributed by atoms with E-state index in [0.29, 0.717) is 6.42 Å². The lowest BCUT2D eigenvalue weighted by Crippen LogP contribution is -2.28. The average molecular weight is 214 g/mol. The van der Waals surface area contributed by atoms with Gasteiger partial charge in [-0.2, -0.15) is 10.5 Å². The summed E-state index contributed by atoms with van der Waals surface area (Å²) in [6, 6.07) is 13.3. The first-order valence-corrected chi connectivity index (χ1v) is 5.23. The van der Waals surface area contributed by atoms with Crippen molar-refractivity contribution in [3.63, 3.8) is 0 Å². The Morgan fingerprint density at radius 3 is 2.38 bits per heavy atom. The molecular weight excluding hydrogens is 200 g/mol. The molecule has 1 aromatic rings. The van der Waals surface area contributed by atoms with Crippen LogP contribution in [0.1, 0.15) is 25.3 Å². The van der Waals surface area contributed by atoms with Crippen molar-refractivity contribution < 1.29 is 5.11 Å². The van der Waals surface area contributed by atoms with Crippen LogP contribution in [0, 0.1) is 22.7 Å². The van der Waals surface area contributed by atoms with Gasteiger partial charge in [0.2, 0.25) is 0 Å². The number of aliphatic hydroxyl groups excluding tert-OH is 1. The number of hydrogen-bond donors (Lipinski definition) is 1. The fourth-order valence-electron chi connectivity index (χ4n) is 1.79. The number of aliphatic hydroxyl groups is 1. The van der Waals surface area contributed by atoms with E-state index in [1.54, 1.807) is 6.07 Å². The normalized spacial score (nSPS) is 15.5. The van der Waals surface area contributed by atoms with Crippen molar-refractivity contribution in [1.29, 1.82) is 10.5 Å². The van der Waals surface area contributed by atoms with Gasteiger partial charge in [0.15, 0.2) is 0 Å². The zero-order valence-corrected chi connectivity index (χ0v) is 9.22. The first-order chi connectivity index (χ1) is 7.68. The standard InChI is InChI=1S/C13H14N2O/c1-2-13(10-15,8-12(16)9-14)11-6-4-3-5-7-11/h3-7,12,16H,2,8H2,1H3/t12-,13+/m1/s1. The molecule has 1 rings (SSSR count). The second kappa shape index (κ2) is 5.30. The minimum Gasteiger partial charge on any atom is -0.378 e. The Kier molecular flexibility index (Phi) is 4.05. The molecule has 16 heavy (non-hydrogen) atoms. The predicted octanol–water partition coefficient (Wildman–Crippen LogP) is 2.13. The molecule has 0 spiro atoms. The van der Waals surface area contributed by atoms with Crippen LogP contribution in [0.4, 0.5) is 0 Å². The second-order valence-corrected chi connectivity index (χ2v) is 3.76. The van der Waals surface area contributed by atoms with Gasteiger partial charge in [-0.25, -0.2) is 0 Å². The van der Waals surface area contributed by atoms with Crippen LogP contribution in [-0.2, 0) is 5.41 Å². The maximum atomic E-state index is 9.40. The van der Waals surface area contributed by atoms with Gasteiger partial charge in [0, 0.05) is 6.42 Å². The Balaban J connectivity index is 3.09. The van der Waals surface area contributed by atoms with E-state index in [0.717, 1.165) is 5.56 Å². The zero-order valence-electron chi connectivity index (χ0n) is 9.22. The molecule has 0 saturated heterocycles. The summed E-state index contributed by atoms with van der Waals surface area (Å²) in [4.78, 5) is 0. The molecule has 1 N–H and O–H groups in total. The molecule has 0 fully saturated rings. The fourth-order valence-corrected chi connectivity index (χ4v) is 1.79. The van der Waals surface area contributed by atoms with E-state index in [4.69, 9.17) is 5.26 Å². The second-order valence-electron chi connectivity index (χ2n) is 3.76. The Morgan fingerprint density at radius 2 is 1.94 bits per heavy atom. The summed E-state index contributed by atoms with van der Waals surface area (Å²) in [5, 5.41) is 27.3. The highest BCUT2D eigenvalue weighted by Crippen LogP contribution is 2.32. The topological polar surface area (TPSA) is 67.8 Å². The molecule has 0 aliphatic heterocycles. The predicted molar refractivity (Wildman–Crippen MR) is 60.3 cm³/mol. The van der Waals surface area contributed by atoms with Crippen LogP contribution in [0.3, 0.4) is 0 Å². The molecule has 1 aromatic carbocycles. The molecule has 0 aliphatic rings. The van der Waals surface area contributed by atoms with Crippen molar-refractivity contribution in [1.82, 2.24) is 0 Å². The number of rotatable bonds is 4. The molecule has 0 heterocycles. The lowest BCUT2D eigenvalue weighted by atomic mass is 9.75. The van der Waals surface area contributed by atoms with Gasteiger partial charge in [0.1, 0.15) is 6.10 Å². The number of nitriles is 2. The molecule has 0 aromatic heterocycles. The Morgan fingerprint density at radius 1 is 1.31 bits per heavy atom. The highest BCUT2D eigenvalue weighted by Gasteiger charge is 2.32. The Bertz CT molecular complexity index is 416. The maximum absolute atomic E-state index is 9.40. The van der Waals surface area contributed by atoms with Crippen molar-refractivity contribution >= 4 is 0 Å². The van der Waals surface area contributed by atoms with Crippen LogP contribution in [0.25, 0.3) is 0 Å². The molecular formula is C13H14N2O. The molecule has 82 valence electrons. The van der Waals surface area contributed by atoms with E-state index in [1.165, 1.54) is 0 Å². The van der Waals surface area contributed by atoms with E-state index >= 15 is 0 Å². The van der Waals surface area contributed by atoms with Gasteiger partial charge in [-0.3, -0.25) is 0 Å². The van der Waals surface area contributed by atoms with Crippen molar-refractivity contribution in [3.05, 3.63) is 35.9 Å². The quantitative estimate of drug-likeness (QED) is 0.781. The van der Waals surface area contributed by atoms with E-state index in [2.05, 4.69) is 6.07 Å². The van der Waals surface area contributed by atoms with E-state index in [-0.39, 0.29) is 6.42 Å². The van der Waals surface area contributed by atoms with Gasteiger partial charge in [-0.15, -0.1) is 0 Å². The number of nitrogens with zero attached hydrogens (tertiary/aromatic N) is 2. The molecule has 0 amide bonds. The summed E-state index contributed by atoms with van der Waals surface area (Å²) >= 11 is 0. The first-order valence-electron chi connectivity index (χ1n) is 5.23. The summed E-state index contributed by atoms with van der Waals surface area (Å²) < 4.78 is 0. The third-order valence-corrected chi connectivity index (χ3v) is 2.83. The zero-order chi connectivity index (χ0) is 12.0. The highest BCUT2D eigenvalue weighted by molar-refractivity contribution is 5.32. The molecule has 3 heteroatoms. The fraction of sp³-hybridized carbons (Fsp3) is 0.385. The van der Waals surface area contributed by atoms with Crippen LogP contribution in [0.5, 0.6) is 0 Å². The van der Waals surface area contributed by atoms with Crippen LogP contribution in [0.2, 0.25) is 0 Å². The molecule has 3 nitrogen and oxygen atoms in total. The molecule has 2 atom stereocenters. The Hall–Kier alpha value is -1.84. The smallest absolute Gasteiger partial charge is 0.142 e. The van der Waals surface area contributed by atoms with Gasteiger partial charge in [-0.1, -0.05) is 37.3 Å². The SMILES string of the molecule is CC[C@@](C#N)(C[C@@H](O)C#N)c1ccccc1. The maximum Gasteiger partial charge on any atom is 0.142 e. The lowest BCUT2D eigenvalue weighted by Gasteiger charge is -2.26. The largest absolute Gasteiger partial charge is 0.378 e. The monoisotopic (exact) mass is 214 g/mol. The van der Waals surface area contributed by atoms with Crippen molar-refractivity contribution in [2.45, 2.75) is 31.3 Å². The van der Waals surface area contributed by atoms with Gasteiger partial charge >= 0.3 is 0 Å². The third kappa shape index (κ3) is 2.39. The average Bonchev–Trinajstić information content (AvgIpc) is 2.37. The summed E-state index contributed by atoms with van der Waals surface area (Å²) in [6.07, 6.45) is -0.368. The van der Waals surface area contributed by atoms with Gasteiger partial charge in [-0.05, 0) is 12.0 Å². The van der Waals surface area contributed by atoms with Crippen LogP contribution < -0.4 is 0 Å². The Labute approximate surface area is 95.6 Å². The molecule has 0 aliphatic carbocycles. The number of hydrogen-bond acceptors (Lipinski definition) is 3. The number of benzene rings is 1. The van der Waals surface area contributed by atoms with Gasteiger partial charge in [0.25, 0.3) is 0 Å². The van der Waals surface area contributed by atoms with Crippen LogP contribution in [-0.4, -0.2) is 11.2 Å². The van der Waals surface area contributed by atoms with E-state index in [1.807, 2.05) is 37.3 Å². The van der Waals surface area contributed by atoms with Crippen molar-refractivity contribution in [3.8, 4) is 12.1 Å².